The van der Waals surface area contributed by atoms with Gasteiger partial charge in [-0.25, -0.2) is 4.39 Å². The smallest absolute Gasteiger partial charge is 0.164 e. The molecule has 0 aromatic heterocycles. The number of rotatable bonds is 3. The van der Waals surface area contributed by atoms with E-state index < -0.39 is 11.2 Å². The molecular formula is C12H16FNO2. The van der Waals surface area contributed by atoms with Crippen molar-refractivity contribution in [1.82, 2.24) is 0 Å². The van der Waals surface area contributed by atoms with E-state index in [2.05, 4.69) is 0 Å². The maximum atomic E-state index is 13.8. The third-order valence-corrected chi connectivity index (χ3v) is 3.54. The van der Waals surface area contributed by atoms with Gasteiger partial charge in [0, 0.05) is 17.5 Å². The van der Waals surface area contributed by atoms with Crippen LogP contribution >= 0.6 is 0 Å². The molecule has 0 aliphatic heterocycles. The van der Waals surface area contributed by atoms with Crippen LogP contribution in [-0.2, 0) is 5.41 Å². The van der Waals surface area contributed by atoms with Crippen LogP contribution in [0.4, 0.5) is 4.39 Å². The molecule has 2 rings (SSSR count). The third kappa shape index (κ3) is 1.45. The van der Waals surface area contributed by atoms with Gasteiger partial charge in [0.05, 0.1) is 7.11 Å². The summed E-state index contributed by atoms with van der Waals surface area (Å²) in [7, 11) is 1.45. The second-order valence-corrected chi connectivity index (χ2v) is 4.31. The number of hydrogen-bond donors (Lipinski definition) is 2. The summed E-state index contributed by atoms with van der Waals surface area (Å²) in [6.07, 6.45) is 2.66. The molecule has 0 heterocycles. The first-order chi connectivity index (χ1) is 7.64. The van der Waals surface area contributed by atoms with Crippen molar-refractivity contribution in [1.29, 1.82) is 0 Å². The summed E-state index contributed by atoms with van der Waals surface area (Å²) in [5, 5.41) is 9.98. The molecule has 0 saturated heterocycles. The highest BCUT2D eigenvalue weighted by Gasteiger charge is 2.42. The quantitative estimate of drug-likeness (QED) is 0.826. The van der Waals surface area contributed by atoms with Crippen molar-refractivity contribution in [2.45, 2.75) is 24.7 Å². The number of aromatic hydroxyl groups is 1. The monoisotopic (exact) mass is 225 g/mol. The zero-order valence-electron chi connectivity index (χ0n) is 9.29. The Bertz CT molecular complexity index is 397. The van der Waals surface area contributed by atoms with Gasteiger partial charge in [0.25, 0.3) is 0 Å². The molecular weight excluding hydrogens is 209 g/mol. The second-order valence-electron chi connectivity index (χ2n) is 4.31. The predicted octanol–water partition coefficient (Wildman–Crippen LogP) is 1.92. The molecule has 1 aliphatic rings. The summed E-state index contributed by atoms with van der Waals surface area (Å²) >= 11 is 0. The van der Waals surface area contributed by atoms with Crippen molar-refractivity contribution < 1.29 is 14.2 Å². The van der Waals surface area contributed by atoms with Crippen LogP contribution in [0.2, 0.25) is 0 Å². The molecule has 1 aromatic carbocycles. The van der Waals surface area contributed by atoms with Crippen molar-refractivity contribution in [2.75, 3.05) is 13.7 Å². The SMILES string of the molecule is COc1ccc(F)c(C2(CN)CCC2)c1O. The van der Waals surface area contributed by atoms with Gasteiger partial charge in [0.1, 0.15) is 5.82 Å². The fourth-order valence-electron chi connectivity index (χ4n) is 2.38. The summed E-state index contributed by atoms with van der Waals surface area (Å²) in [6.45, 7) is 0.352. The van der Waals surface area contributed by atoms with Gasteiger partial charge in [-0.3, -0.25) is 0 Å². The molecule has 16 heavy (non-hydrogen) atoms. The van der Waals surface area contributed by atoms with Crippen LogP contribution in [0, 0.1) is 5.82 Å². The van der Waals surface area contributed by atoms with Gasteiger partial charge in [0.2, 0.25) is 0 Å². The topological polar surface area (TPSA) is 55.5 Å². The predicted molar refractivity (Wildman–Crippen MR) is 59.2 cm³/mol. The van der Waals surface area contributed by atoms with Gasteiger partial charge in [-0.05, 0) is 25.0 Å². The third-order valence-electron chi connectivity index (χ3n) is 3.54. The van der Waals surface area contributed by atoms with Crippen molar-refractivity contribution in [2.24, 2.45) is 5.73 Å². The molecule has 1 fully saturated rings. The number of methoxy groups -OCH3 is 1. The minimum Gasteiger partial charge on any atom is -0.504 e. The number of ether oxygens (including phenoxy) is 1. The molecule has 3 nitrogen and oxygen atoms in total. The Labute approximate surface area is 94.0 Å². The highest BCUT2D eigenvalue weighted by Crippen LogP contribution is 2.49. The van der Waals surface area contributed by atoms with E-state index in [-0.39, 0.29) is 5.75 Å². The molecule has 1 aliphatic carbocycles. The first-order valence-electron chi connectivity index (χ1n) is 5.40. The van der Waals surface area contributed by atoms with E-state index in [0.717, 1.165) is 19.3 Å². The largest absolute Gasteiger partial charge is 0.504 e. The molecule has 0 radical (unpaired) electrons. The maximum Gasteiger partial charge on any atom is 0.164 e. The van der Waals surface area contributed by atoms with E-state index in [9.17, 15) is 9.50 Å². The van der Waals surface area contributed by atoms with Gasteiger partial charge >= 0.3 is 0 Å². The summed E-state index contributed by atoms with van der Waals surface area (Å²) in [5.74, 6) is -0.202. The average molecular weight is 225 g/mol. The zero-order chi connectivity index (χ0) is 11.8. The summed E-state index contributed by atoms with van der Waals surface area (Å²) in [6, 6.07) is 2.75. The van der Waals surface area contributed by atoms with Crippen LogP contribution in [0.3, 0.4) is 0 Å². The summed E-state index contributed by atoms with van der Waals surface area (Å²) in [5.41, 5.74) is 5.63. The molecule has 4 heteroatoms. The van der Waals surface area contributed by atoms with E-state index in [4.69, 9.17) is 10.5 Å². The molecule has 1 aromatic rings. The lowest BCUT2D eigenvalue weighted by molar-refractivity contribution is 0.233. The van der Waals surface area contributed by atoms with Crippen LogP contribution in [0.5, 0.6) is 11.5 Å². The Morgan fingerprint density at radius 1 is 1.50 bits per heavy atom. The zero-order valence-corrected chi connectivity index (χ0v) is 9.29. The van der Waals surface area contributed by atoms with Crippen molar-refractivity contribution in [3.8, 4) is 11.5 Å². The number of nitrogens with two attached hydrogens (primary N) is 1. The Hall–Kier alpha value is -1.29. The van der Waals surface area contributed by atoms with Crippen molar-refractivity contribution in [3.05, 3.63) is 23.5 Å². The van der Waals surface area contributed by atoms with Gasteiger partial charge in [-0.1, -0.05) is 6.42 Å². The van der Waals surface area contributed by atoms with E-state index in [1.807, 2.05) is 0 Å². The fraction of sp³-hybridized carbons (Fsp3) is 0.500. The molecule has 3 N–H and O–H groups in total. The molecule has 0 unspecified atom stereocenters. The summed E-state index contributed by atoms with van der Waals surface area (Å²) < 4.78 is 18.8. The number of phenolic OH excluding ortho intramolecular Hbond substituents is 1. The van der Waals surface area contributed by atoms with E-state index in [1.165, 1.54) is 19.2 Å². The number of benzene rings is 1. The van der Waals surface area contributed by atoms with Crippen molar-refractivity contribution in [3.63, 3.8) is 0 Å². The fourth-order valence-corrected chi connectivity index (χ4v) is 2.38. The molecule has 0 spiro atoms. The first kappa shape index (κ1) is 11.2. The standard InChI is InChI=1S/C12H16FNO2/c1-16-9-4-3-8(13)10(11(9)15)12(7-14)5-2-6-12/h3-4,15H,2,5-7,14H2,1H3. The molecule has 0 atom stereocenters. The Kier molecular flexibility index (Phi) is 2.76. The van der Waals surface area contributed by atoms with Gasteiger partial charge < -0.3 is 15.6 Å². The number of halogens is 1. The van der Waals surface area contributed by atoms with Gasteiger partial charge in [0.15, 0.2) is 11.5 Å². The van der Waals surface area contributed by atoms with Crippen molar-refractivity contribution >= 4 is 0 Å². The number of phenols is 1. The minimum absolute atomic E-state index is 0.104. The normalized spacial score (nSPS) is 17.9. The van der Waals surface area contributed by atoms with E-state index >= 15 is 0 Å². The second kappa shape index (κ2) is 3.94. The summed E-state index contributed by atoms with van der Waals surface area (Å²) in [4.78, 5) is 0. The Morgan fingerprint density at radius 2 is 2.19 bits per heavy atom. The first-order valence-corrected chi connectivity index (χ1v) is 5.40. The lowest BCUT2D eigenvalue weighted by atomic mass is 9.64. The van der Waals surface area contributed by atoms with Crippen LogP contribution in [0.1, 0.15) is 24.8 Å². The average Bonchev–Trinajstić information content (AvgIpc) is 2.22. The van der Waals surface area contributed by atoms with E-state index in [0.29, 0.717) is 17.9 Å². The van der Waals surface area contributed by atoms with Crippen LogP contribution < -0.4 is 10.5 Å². The minimum atomic E-state index is -0.400. The highest BCUT2D eigenvalue weighted by molar-refractivity contribution is 5.51. The van der Waals surface area contributed by atoms with Gasteiger partial charge in [-0.15, -0.1) is 0 Å². The van der Waals surface area contributed by atoms with Crippen LogP contribution in [0.15, 0.2) is 12.1 Å². The lowest BCUT2D eigenvalue weighted by Crippen LogP contribution is -2.42. The number of hydrogen-bond acceptors (Lipinski definition) is 3. The Balaban J connectivity index is 2.54. The molecule has 0 amide bonds. The maximum absolute atomic E-state index is 13.8. The lowest BCUT2D eigenvalue weighted by Gasteiger charge is -2.41. The van der Waals surface area contributed by atoms with Crippen LogP contribution in [0.25, 0.3) is 0 Å². The van der Waals surface area contributed by atoms with Gasteiger partial charge in [-0.2, -0.15) is 0 Å². The molecule has 0 bridgehead atoms. The molecule has 88 valence electrons. The molecule has 1 saturated carbocycles. The highest BCUT2D eigenvalue weighted by atomic mass is 19.1. The van der Waals surface area contributed by atoms with E-state index in [1.54, 1.807) is 0 Å². The van der Waals surface area contributed by atoms with Crippen LogP contribution in [-0.4, -0.2) is 18.8 Å². The Morgan fingerprint density at radius 3 is 2.62 bits per heavy atom.